The van der Waals surface area contributed by atoms with E-state index >= 15 is 0 Å². The van der Waals surface area contributed by atoms with Crippen LogP contribution in [0.15, 0.2) is 42.5 Å². The molecule has 2 rings (SSSR count). The summed E-state index contributed by atoms with van der Waals surface area (Å²) in [5.74, 6) is -1.12. The fraction of sp³-hybridized carbons (Fsp3) is 0. The molecule has 0 aromatic heterocycles. The fourth-order valence-corrected chi connectivity index (χ4v) is 1.48. The van der Waals surface area contributed by atoms with Crippen molar-refractivity contribution in [1.29, 1.82) is 0 Å². The normalized spacial score (nSPS) is 10.2. The van der Waals surface area contributed by atoms with Crippen LogP contribution in [0.1, 0.15) is 0 Å². The molecule has 0 atom stereocenters. The van der Waals surface area contributed by atoms with Gasteiger partial charge < -0.3 is 0 Å². The molecule has 3 nitrogen and oxygen atoms in total. The molecule has 2 aromatic carbocycles. The molecule has 0 radical (unpaired) electrons. The average molecular weight is 235 g/mol. The van der Waals surface area contributed by atoms with Gasteiger partial charge in [0.15, 0.2) is 0 Å². The average Bonchev–Trinajstić information content (AvgIpc) is 2.30. The first-order valence-electron chi connectivity index (χ1n) is 4.78. The molecule has 17 heavy (non-hydrogen) atoms. The highest BCUT2D eigenvalue weighted by Crippen LogP contribution is 2.26. The van der Waals surface area contributed by atoms with Crippen LogP contribution in [0.2, 0.25) is 0 Å². The van der Waals surface area contributed by atoms with Gasteiger partial charge in [0.1, 0.15) is 11.6 Å². The number of nitrogens with zero attached hydrogens (tertiary/aromatic N) is 1. The van der Waals surface area contributed by atoms with E-state index in [1.165, 1.54) is 36.4 Å². The van der Waals surface area contributed by atoms with Crippen LogP contribution in [0.5, 0.6) is 0 Å². The zero-order valence-corrected chi connectivity index (χ0v) is 8.56. The highest BCUT2D eigenvalue weighted by Gasteiger charge is 2.11. The molecule has 2 aromatic rings. The van der Waals surface area contributed by atoms with E-state index in [-0.39, 0.29) is 11.3 Å². The zero-order chi connectivity index (χ0) is 12.4. The molecule has 0 aliphatic carbocycles. The Morgan fingerprint density at radius 2 is 1.65 bits per heavy atom. The summed E-state index contributed by atoms with van der Waals surface area (Å²) in [6, 6.07) is 8.60. The molecule has 0 saturated carbocycles. The van der Waals surface area contributed by atoms with Gasteiger partial charge in [-0.3, -0.25) is 10.1 Å². The molecule has 0 amide bonds. The number of benzene rings is 2. The number of hydrogen-bond acceptors (Lipinski definition) is 2. The lowest BCUT2D eigenvalue weighted by molar-refractivity contribution is -0.385. The van der Waals surface area contributed by atoms with Gasteiger partial charge in [0.25, 0.3) is 5.69 Å². The minimum atomic E-state index is -0.703. The van der Waals surface area contributed by atoms with Crippen molar-refractivity contribution in [3.05, 3.63) is 64.2 Å². The van der Waals surface area contributed by atoms with E-state index in [2.05, 4.69) is 0 Å². The Bertz CT molecular complexity index is 567. The fourth-order valence-electron chi connectivity index (χ4n) is 1.48. The SMILES string of the molecule is O=[N+]([O-])c1ccc(-c2ccc(F)cc2)c(F)c1. The van der Waals surface area contributed by atoms with Crippen LogP contribution >= 0.6 is 0 Å². The summed E-state index contributed by atoms with van der Waals surface area (Å²) < 4.78 is 26.3. The van der Waals surface area contributed by atoms with Crippen molar-refractivity contribution in [3.63, 3.8) is 0 Å². The van der Waals surface area contributed by atoms with Gasteiger partial charge >= 0.3 is 0 Å². The molecule has 0 fully saturated rings. The van der Waals surface area contributed by atoms with Crippen LogP contribution in [-0.4, -0.2) is 4.92 Å². The summed E-state index contributed by atoms with van der Waals surface area (Å²) >= 11 is 0. The maximum atomic E-state index is 13.6. The van der Waals surface area contributed by atoms with E-state index in [1.54, 1.807) is 0 Å². The smallest absolute Gasteiger partial charge is 0.258 e. The third-order valence-electron chi connectivity index (χ3n) is 2.32. The maximum Gasteiger partial charge on any atom is 0.272 e. The minimum Gasteiger partial charge on any atom is -0.258 e. The van der Waals surface area contributed by atoms with Gasteiger partial charge in [-0.15, -0.1) is 0 Å². The number of nitro groups is 1. The molecule has 0 saturated heterocycles. The van der Waals surface area contributed by atoms with Gasteiger partial charge in [-0.05, 0) is 23.8 Å². The summed E-state index contributed by atoms with van der Waals surface area (Å²) in [7, 11) is 0. The largest absolute Gasteiger partial charge is 0.272 e. The second kappa shape index (κ2) is 4.29. The first-order chi connectivity index (χ1) is 8.08. The number of halogens is 2. The third-order valence-corrected chi connectivity index (χ3v) is 2.32. The van der Waals surface area contributed by atoms with E-state index < -0.39 is 16.6 Å². The van der Waals surface area contributed by atoms with E-state index in [0.717, 1.165) is 6.07 Å². The number of nitro benzene ring substituents is 1. The summed E-state index contributed by atoms with van der Waals surface area (Å²) in [5.41, 5.74) is 0.364. The molecule has 0 heterocycles. The monoisotopic (exact) mass is 235 g/mol. The van der Waals surface area contributed by atoms with Crippen LogP contribution < -0.4 is 0 Å². The molecule has 0 aliphatic rings. The standard InChI is InChI=1S/C12H7F2NO2/c13-9-3-1-8(2-4-9)11-6-5-10(15(16)17)7-12(11)14/h1-7H. The molecule has 0 aliphatic heterocycles. The Morgan fingerprint density at radius 1 is 1.00 bits per heavy atom. The Morgan fingerprint density at radius 3 is 2.18 bits per heavy atom. The highest BCUT2D eigenvalue weighted by molar-refractivity contribution is 5.65. The van der Waals surface area contributed by atoms with Crippen LogP contribution in [0.3, 0.4) is 0 Å². The van der Waals surface area contributed by atoms with Crippen molar-refractivity contribution in [3.8, 4) is 11.1 Å². The Hall–Kier alpha value is -2.30. The van der Waals surface area contributed by atoms with Crippen molar-refractivity contribution in [2.75, 3.05) is 0 Å². The first kappa shape index (κ1) is 11.2. The van der Waals surface area contributed by atoms with E-state index in [1.807, 2.05) is 0 Å². The summed E-state index contributed by atoms with van der Waals surface area (Å²) in [4.78, 5) is 9.77. The lowest BCUT2D eigenvalue weighted by Gasteiger charge is -2.03. The van der Waals surface area contributed by atoms with E-state index in [9.17, 15) is 18.9 Å². The molecule has 0 N–H and O–H groups in total. The third kappa shape index (κ3) is 2.28. The second-order valence-electron chi connectivity index (χ2n) is 3.43. The molecule has 0 unspecified atom stereocenters. The van der Waals surface area contributed by atoms with Gasteiger partial charge in [0.2, 0.25) is 0 Å². The van der Waals surface area contributed by atoms with Crippen LogP contribution in [-0.2, 0) is 0 Å². The van der Waals surface area contributed by atoms with Crippen molar-refractivity contribution in [2.24, 2.45) is 0 Å². The molecular weight excluding hydrogens is 228 g/mol. The lowest BCUT2D eigenvalue weighted by atomic mass is 10.0. The van der Waals surface area contributed by atoms with E-state index in [0.29, 0.717) is 5.56 Å². The van der Waals surface area contributed by atoms with Gasteiger partial charge in [-0.1, -0.05) is 12.1 Å². The summed E-state index contributed by atoms with van der Waals surface area (Å²) in [6.07, 6.45) is 0. The molecule has 86 valence electrons. The maximum absolute atomic E-state index is 13.6. The van der Waals surface area contributed by atoms with Gasteiger partial charge in [-0.25, -0.2) is 8.78 Å². The zero-order valence-electron chi connectivity index (χ0n) is 8.56. The molecular formula is C12H7F2NO2. The highest BCUT2D eigenvalue weighted by atomic mass is 19.1. The number of non-ortho nitro benzene ring substituents is 1. The van der Waals surface area contributed by atoms with Crippen molar-refractivity contribution in [2.45, 2.75) is 0 Å². The molecule has 0 spiro atoms. The first-order valence-corrected chi connectivity index (χ1v) is 4.78. The number of rotatable bonds is 2. The predicted molar refractivity (Wildman–Crippen MR) is 58.4 cm³/mol. The van der Waals surface area contributed by atoms with Gasteiger partial charge in [0.05, 0.1) is 11.0 Å². The summed E-state index contributed by atoms with van der Waals surface area (Å²) in [6.45, 7) is 0. The Balaban J connectivity index is 2.46. The van der Waals surface area contributed by atoms with Crippen molar-refractivity contribution >= 4 is 5.69 Å². The molecule has 5 heteroatoms. The quantitative estimate of drug-likeness (QED) is 0.590. The van der Waals surface area contributed by atoms with Gasteiger partial charge in [-0.2, -0.15) is 0 Å². The van der Waals surface area contributed by atoms with Crippen LogP contribution in [0.4, 0.5) is 14.5 Å². The predicted octanol–water partition coefficient (Wildman–Crippen LogP) is 3.54. The van der Waals surface area contributed by atoms with E-state index in [4.69, 9.17) is 0 Å². The van der Waals surface area contributed by atoms with Crippen LogP contribution in [0, 0.1) is 21.7 Å². The lowest BCUT2D eigenvalue weighted by Crippen LogP contribution is -1.91. The summed E-state index contributed by atoms with van der Waals surface area (Å²) in [5, 5.41) is 10.4. The Labute approximate surface area is 95.5 Å². The number of hydrogen-bond donors (Lipinski definition) is 0. The molecule has 0 bridgehead atoms. The second-order valence-corrected chi connectivity index (χ2v) is 3.43. The minimum absolute atomic E-state index is 0.204. The topological polar surface area (TPSA) is 43.1 Å². The van der Waals surface area contributed by atoms with Gasteiger partial charge in [0, 0.05) is 11.6 Å². The van der Waals surface area contributed by atoms with Crippen molar-refractivity contribution < 1.29 is 13.7 Å². The van der Waals surface area contributed by atoms with Crippen molar-refractivity contribution in [1.82, 2.24) is 0 Å². The Kier molecular flexibility index (Phi) is 2.82. The van der Waals surface area contributed by atoms with Crippen LogP contribution in [0.25, 0.3) is 11.1 Å².